The van der Waals surface area contributed by atoms with E-state index in [2.05, 4.69) is 132 Å². The summed E-state index contributed by atoms with van der Waals surface area (Å²) in [6, 6.07) is 51.3. The number of aromatic nitrogens is 1. The maximum absolute atomic E-state index is 5.14. The van der Waals surface area contributed by atoms with Crippen LogP contribution in [0.25, 0.3) is 53.2 Å². The second-order valence-electron chi connectivity index (χ2n) is 12.3. The molecule has 5 heteroatoms. The smallest absolute Gasteiger partial charge is 0.152 e. The molecule has 50 heavy (non-hydrogen) atoms. The molecule has 0 fully saturated rings. The molecular weight excluding hydrogens is 629 g/mol. The molecule has 6 aromatic carbocycles. The second-order valence-corrected chi connectivity index (χ2v) is 13.4. The molecule has 1 atom stereocenters. The van der Waals surface area contributed by atoms with Crippen LogP contribution in [0.1, 0.15) is 22.9 Å². The first-order valence-corrected chi connectivity index (χ1v) is 17.6. The van der Waals surface area contributed by atoms with Gasteiger partial charge >= 0.3 is 0 Å². The number of thiophene rings is 1. The van der Waals surface area contributed by atoms with E-state index in [-0.39, 0.29) is 6.17 Å². The number of allylic oxidation sites excluding steroid dienone is 4. The molecule has 1 unspecified atom stereocenters. The topological polar surface area (TPSA) is 41.7 Å². The van der Waals surface area contributed by atoms with Crippen LogP contribution < -0.4 is 5.32 Å². The highest BCUT2D eigenvalue weighted by Gasteiger charge is 2.23. The summed E-state index contributed by atoms with van der Waals surface area (Å²) >= 11 is 1.85. The number of aliphatic imine (C=N–C) groups is 2. The van der Waals surface area contributed by atoms with Crippen molar-refractivity contribution in [3.8, 4) is 5.69 Å². The molecule has 0 saturated carbocycles. The highest BCUT2D eigenvalue weighted by Crippen LogP contribution is 2.41. The third kappa shape index (κ3) is 5.25. The van der Waals surface area contributed by atoms with E-state index < -0.39 is 0 Å². The van der Waals surface area contributed by atoms with Crippen LogP contribution in [0, 0.1) is 0 Å². The maximum atomic E-state index is 5.14. The molecule has 238 valence electrons. The molecule has 4 nitrogen and oxygen atoms in total. The Morgan fingerprint density at radius 1 is 0.680 bits per heavy atom. The summed E-state index contributed by atoms with van der Waals surface area (Å²) in [6.07, 6.45) is 7.61. The number of fused-ring (bicyclic) bond motifs is 6. The number of nitrogens with zero attached hydrogens (tertiary/aromatic N) is 3. The molecule has 1 aliphatic heterocycles. The Labute approximate surface area is 294 Å². The van der Waals surface area contributed by atoms with Crippen molar-refractivity contribution in [2.75, 3.05) is 0 Å². The van der Waals surface area contributed by atoms with E-state index in [1.807, 2.05) is 66.0 Å². The van der Waals surface area contributed by atoms with E-state index >= 15 is 0 Å². The van der Waals surface area contributed by atoms with Gasteiger partial charge < -0.3 is 9.88 Å². The van der Waals surface area contributed by atoms with Gasteiger partial charge in [-0.1, -0.05) is 134 Å². The molecule has 1 aliphatic rings. The fourth-order valence-corrected chi connectivity index (χ4v) is 8.07. The molecule has 0 amide bonds. The van der Waals surface area contributed by atoms with Crippen molar-refractivity contribution in [1.29, 1.82) is 0 Å². The van der Waals surface area contributed by atoms with Crippen molar-refractivity contribution in [3.63, 3.8) is 0 Å². The molecule has 0 aliphatic carbocycles. The SMILES string of the molecule is C=C/C(=C\C=C\C1=NC(c2ccccc2)NC(c2ccccc2-n2c3ccccc3c3cc4c(cc32)sc2ccccc24)=N1)c1ccccc1. The summed E-state index contributed by atoms with van der Waals surface area (Å²) < 4.78 is 4.98. The van der Waals surface area contributed by atoms with E-state index in [1.54, 1.807) is 0 Å². The van der Waals surface area contributed by atoms with Gasteiger partial charge in [0.05, 0.1) is 16.7 Å². The van der Waals surface area contributed by atoms with E-state index in [1.165, 1.54) is 36.5 Å². The van der Waals surface area contributed by atoms with Crippen LogP contribution in [0.3, 0.4) is 0 Å². The van der Waals surface area contributed by atoms with Crippen molar-refractivity contribution in [2.24, 2.45) is 9.98 Å². The van der Waals surface area contributed by atoms with Gasteiger partial charge in [-0.2, -0.15) is 0 Å². The lowest BCUT2D eigenvalue weighted by atomic mass is 10.1. The van der Waals surface area contributed by atoms with Crippen molar-refractivity contribution >= 4 is 70.6 Å². The lowest BCUT2D eigenvalue weighted by Crippen LogP contribution is -2.33. The largest absolute Gasteiger partial charge is 0.344 e. The molecule has 0 radical (unpaired) electrons. The first-order valence-electron chi connectivity index (χ1n) is 16.7. The van der Waals surface area contributed by atoms with Crippen LogP contribution >= 0.6 is 11.3 Å². The standard InChI is InChI=1S/C45H32N4S/c1-2-30(31-16-5-3-6-17-31)20-15-27-43-46-44(32-18-7-4-8-19-32)48-45(47-43)35-23-10-13-25-39(35)49-38-24-12-9-21-33(38)36-28-37-34-22-11-14-26-41(34)50-42(37)29-40(36)49/h2-29,44H,1H2,(H,46,47,48)/b27-15+,30-20+. The minimum Gasteiger partial charge on any atom is -0.344 e. The quantitative estimate of drug-likeness (QED) is 0.170. The molecule has 1 N–H and O–H groups in total. The number of amidine groups is 2. The Hall–Kier alpha value is -6.30. The zero-order valence-corrected chi connectivity index (χ0v) is 28.0. The predicted molar refractivity (Wildman–Crippen MR) is 214 cm³/mol. The zero-order valence-electron chi connectivity index (χ0n) is 27.2. The average molecular weight is 661 g/mol. The van der Waals surface area contributed by atoms with Crippen LogP contribution in [-0.2, 0) is 0 Å². The molecular formula is C45H32N4S. The number of hydrogen-bond acceptors (Lipinski definition) is 4. The van der Waals surface area contributed by atoms with Gasteiger partial charge in [0.15, 0.2) is 5.84 Å². The van der Waals surface area contributed by atoms with Crippen molar-refractivity contribution in [1.82, 2.24) is 9.88 Å². The molecule has 3 heterocycles. The van der Waals surface area contributed by atoms with Crippen molar-refractivity contribution < 1.29 is 0 Å². The number of rotatable bonds is 7. The van der Waals surface area contributed by atoms with Gasteiger partial charge in [-0.3, -0.25) is 0 Å². The minimum absolute atomic E-state index is 0.301. The highest BCUT2D eigenvalue weighted by atomic mass is 32.1. The third-order valence-electron chi connectivity index (χ3n) is 9.30. The normalized spacial score (nSPS) is 15.1. The molecule has 2 aromatic heterocycles. The van der Waals surface area contributed by atoms with Crippen molar-refractivity contribution in [2.45, 2.75) is 6.17 Å². The number of nitrogens with one attached hydrogen (secondary N) is 1. The van der Waals surface area contributed by atoms with Gasteiger partial charge in [-0.05, 0) is 59.2 Å². The predicted octanol–water partition coefficient (Wildman–Crippen LogP) is 11.4. The van der Waals surface area contributed by atoms with E-state index in [4.69, 9.17) is 9.98 Å². The van der Waals surface area contributed by atoms with Crippen LogP contribution in [0.15, 0.2) is 186 Å². The summed E-state index contributed by atoms with van der Waals surface area (Å²) in [5.74, 6) is 1.42. The number of hydrogen-bond donors (Lipinski definition) is 1. The first kappa shape index (κ1) is 29.8. The van der Waals surface area contributed by atoms with Crippen molar-refractivity contribution in [3.05, 3.63) is 193 Å². The highest BCUT2D eigenvalue weighted by molar-refractivity contribution is 7.25. The van der Waals surface area contributed by atoms with Crippen LogP contribution in [-0.4, -0.2) is 16.2 Å². The van der Waals surface area contributed by atoms with Gasteiger partial charge in [0.1, 0.15) is 12.0 Å². The van der Waals surface area contributed by atoms with Crippen LogP contribution in [0.2, 0.25) is 0 Å². The third-order valence-corrected chi connectivity index (χ3v) is 10.4. The number of para-hydroxylation sites is 2. The molecule has 0 spiro atoms. The van der Waals surface area contributed by atoms with Gasteiger partial charge in [0.25, 0.3) is 0 Å². The molecule has 9 rings (SSSR count). The van der Waals surface area contributed by atoms with Crippen LogP contribution in [0.4, 0.5) is 0 Å². The Kier molecular flexibility index (Phi) is 7.52. The Morgan fingerprint density at radius 2 is 1.40 bits per heavy atom. The molecule has 0 saturated heterocycles. The fraction of sp³-hybridized carbons (Fsp3) is 0.0222. The summed E-state index contributed by atoms with van der Waals surface area (Å²) in [7, 11) is 0. The monoisotopic (exact) mass is 660 g/mol. The Balaban J connectivity index is 1.20. The summed E-state index contributed by atoms with van der Waals surface area (Å²) in [4.78, 5) is 10.2. The molecule has 8 aromatic rings. The van der Waals surface area contributed by atoms with Gasteiger partial charge in [-0.25, -0.2) is 9.98 Å². The summed E-state index contributed by atoms with van der Waals surface area (Å²) in [5, 5.41) is 8.75. The lowest BCUT2D eigenvalue weighted by molar-refractivity contribution is 0.675. The van der Waals surface area contributed by atoms with E-state index in [0.717, 1.165) is 39.3 Å². The van der Waals surface area contributed by atoms with Gasteiger partial charge in [-0.15, -0.1) is 11.3 Å². The number of benzene rings is 6. The first-order chi connectivity index (χ1) is 24.7. The maximum Gasteiger partial charge on any atom is 0.152 e. The van der Waals surface area contributed by atoms with Gasteiger partial charge in [0, 0.05) is 36.5 Å². The fourth-order valence-electron chi connectivity index (χ4n) is 6.95. The minimum atomic E-state index is -0.301. The molecule has 0 bridgehead atoms. The summed E-state index contributed by atoms with van der Waals surface area (Å²) in [6.45, 7) is 4.04. The summed E-state index contributed by atoms with van der Waals surface area (Å²) in [5.41, 5.74) is 7.60. The average Bonchev–Trinajstić information content (AvgIpc) is 3.71. The van der Waals surface area contributed by atoms with Crippen LogP contribution in [0.5, 0.6) is 0 Å². The van der Waals surface area contributed by atoms with Gasteiger partial charge in [0.2, 0.25) is 0 Å². The zero-order chi connectivity index (χ0) is 33.4. The lowest BCUT2D eigenvalue weighted by Gasteiger charge is -2.24. The second kappa shape index (κ2) is 12.6. The van der Waals surface area contributed by atoms with E-state index in [9.17, 15) is 0 Å². The Bertz CT molecular complexity index is 2690. The van der Waals surface area contributed by atoms with E-state index in [0.29, 0.717) is 5.84 Å². The Morgan fingerprint density at radius 3 is 2.24 bits per heavy atom.